The molecule has 1 amide bonds. The molecule has 1 fully saturated rings. The van der Waals surface area contributed by atoms with Crippen molar-refractivity contribution < 1.29 is 9.53 Å². The average Bonchev–Trinajstić information content (AvgIpc) is 3.07. The molecule has 0 spiro atoms. The molecule has 0 unspecified atom stereocenters. The number of thiazole rings is 1. The molecular weight excluding hydrogens is 382 g/mol. The van der Waals surface area contributed by atoms with Gasteiger partial charge in [-0.15, -0.1) is 11.8 Å². The van der Waals surface area contributed by atoms with Crippen molar-refractivity contribution in [3.63, 3.8) is 0 Å². The van der Waals surface area contributed by atoms with Gasteiger partial charge in [0.2, 0.25) is 0 Å². The van der Waals surface area contributed by atoms with E-state index < -0.39 is 5.60 Å². The Morgan fingerprint density at radius 3 is 2.89 bits per heavy atom. The van der Waals surface area contributed by atoms with Crippen molar-refractivity contribution in [1.29, 1.82) is 0 Å². The van der Waals surface area contributed by atoms with E-state index in [4.69, 9.17) is 4.74 Å². The predicted molar refractivity (Wildman–Crippen MR) is 108 cm³/mol. The Balaban J connectivity index is 1.50. The van der Waals surface area contributed by atoms with Crippen LogP contribution in [-0.2, 0) is 10.5 Å². The highest BCUT2D eigenvalue weighted by atomic mass is 32.2. The van der Waals surface area contributed by atoms with E-state index in [1.165, 1.54) is 6.33 Å². The van der Waals surface area contributed by atoms with Gasteiger partial charge in [0, 0.05) is 37.3 Å². The highest BCUT2D eigenvalue weighted by Gasteiger charge is 2.27. The van der Waals surface area contributed by atoms with Crippen LogP contribution < -0.4 is 5.32 Å². The smallest absolute Gasteiger partial charge is 0.410 e. The van der Waals surface area contributed by atoms with Gasteiger partial charge in [-0.05, 0) is 39.2 Å². The molecule has 1 aliphatic heterocycles. The first-order valence-electron chi connectivity index (χ1n) is 8.96. The first-order chi connectivity index (χ1) is 12.9. The van der Waals surface area contributed by atoms with Gasteiger partial charge in [0.25, 0.3) is 0 Å². The molecule has 0 radical (unpaired) electrons. The minimum absolute atomic E-state index is 0.192. The SMILES string of the molecule is CC(C)(C)OC(=O)N1CCC[C@@H](Nc2ncc(SCc3cncnc3)s2)C1. The predicted octanol–water partition coefficient (Wildman–Crippen LogP) is 4.04. The van der Waals surface area contributed by atoms with Crippen LogP contribution in [0.4, 0.5) is 9.93 Å². The van der Waals surface area contributed by atoms with Crippen molar-refractivity contribution in [3.8, 4) is 0 Å². The molecular formula is C18H25N5O2S2. The molecule has 7 nitrogen and oxygen atoms in total. The molecule has 3 rings (SSSR count). The van der Waals surface area contributed by atoms with E-state index in [1.807, 2.05) is 39.4 Å². The van der Waals surface area contributed by atoms with Gasteiger partial charge in [0.15, 0.2) is 5.13 Å². The molecule has 1 aliphatic rings. The van der Waals surface area contributed by atoms with Crippen LogP contribution in [0.5, 0.6) is 0 Å². The number of carbonyl (C=O) groups is 1. The highest BCUT2D eigenvalue weighted by molar-refractivity contribution is 8.00. The molecule has 0 aromatic carbocycles. The summed E-state index contributed by atoms with van der Waals surface area (Å²) < 4.78 is 6.63. The molecule has 2 aromatic heterocycles. The van der Waals surface area contributed by atoms with Crippen LogP contribution in [0.1, 0.15) is 39.2 Å². The van der Waals surface area contributed by atoms with Crippen LogP contribution in [-0.4, -0.2) is 50.7 Å². The maximum atomic E-state index is 12.3. The lowest BCUT2D eigenvalue weighted by atomic mass is 10.1. The van der Waals surface area contributed by atoms with Gasteiger partial charge in [0.1, 0.15) is 11.9 Å². The Morgan fingerprint density at radius 1 is 1.37 bits per heavy atom. The van der Waals surface area contributed by atoms with E-state index in [0.717, 1.165) is 40.0 Å². The van der Waals surface area contributed by atoms with Crippen LogP contribution in [0.3, 0.4) is 0 Å². The number of nitrogens with zero attached hydrogens (tertiary/aromatic N) is 4. The largest absolute Gasteiger partial charge is 0.444 e. The van der Waals surface area contributed by atoms with Gasteiger partial charge in [-0.2, -0.15) is 0 Å². The number of ether oxygens (including phenoxy) is 1. The molecule has 0 saturated carbocycles. The monoisotopic (exact) mass is 407 g/mol. The van der Waals surface area contributed by atoms with Gasteiger partial charge in [-0.25, -0.2) is 19.7 Å². The number of amides is 1. The average molecular weight is 408 g/mol. The fourth-order valence-corrected chi connectivity index (χ4v) is 4.58. The topological polar surface area (TPSA) is 80.2 Å². The molecule has 2 aromatic rings. The van der Waals surface area contributed by atoms with Gasteiger partial charge in [0.05, 0.1) is 10.4 Å². The van der Waals surface area contributed by atoms with E-state index in [9.17, 15) is 4.79 Å². The normalized spacial score (nSPS) is 17.6. The fourth-order valence-electron chi connectivity index (χ4n) is 2.71. The lowest BCUT2D eigenvalue weighted by molar-refractivity contribution is 0.0206. The van der Waals surface area contributed by atoms with Crippen LogP contribution >= 0.6 is 23.1 Å². The maximum Gasteiger partial charge on any atom is 0.410 e. The van der Waals surface area contributed by atoms with Gasteiger partial charge >= 0.3 is 6.09 Å². The Kier molecular flexibility index (Phi) is 6.54. The Bertz CT molecular complexity index is 748. The second-order valence-corrected chi connectivity index (χ2v) is 9.74. The lowest BCUT2D eigenvalue weighted by Crippen LogP contribution is -2.46. The third-order valence-electron chi connectivity index (χ3n) is 3.88. The van der Waals surface area contributed by atoms with Gasteiger partial charge < -0.3 is 15.0 Å². The zero-order valence-electron chi connectivity index (χ0n) is 15.8. The van der Waals surface area contributed by atoms with E-state index in [1.54, 1.807) is 28.0 Å². The third kappa shape index (κ3) is 6.35. The van der Waals surface area contributed by atoms with E-state index >= 15 is 0 Å². The second-order valence-electron chi connectivity index (χ2n) is 7.43. The van der Waals surface area contributed by atoms with Crippen molar-refractivity contribution >= 4 is 34.3 Å². The quantitative estimate of drug-likeness (QED) is 0.749. The molecule has 0 aliphatic carbocycles. The van der Waals surface area contributed by atoms with Crippen molar-refractivity contribution in [2.75, 3.05) is 18.4 Å². The van der Waals surface area contributed by atoms with Crippen LogP contribution in [0, 0.1) is 0 Å². The molecule has 1 N–H and O–H groups in total. The number of rotatable bonds is 5. The summed E-state index contributed by atoms with van der Waals surface area (Å²) in [4.78, 5) is 26.6. The summed E-state index contributed by atoms with van der Waals surface area (Å²) in [6.07, 6.45) is 8.81. The van der Waals surface area contributed by atoms with E-state index in [-0.39, 0.29) is 12.1 Å². The van der Waals surface area contributed by atoms with E-state index in [2.05, 4.69) is 20.3 Å². The van der Waals surface area contributed by atoms with Crippen molar-refractivity contribution in [1.82, 2.24) is 19.9 Å². The van der Waals surface area contributed by atoms with Crippen molar-refractivity contribution in [2.24, 2.45) is 0 Å². The summed E-state index contributed by atoms with van der Waals surface area (Å²) in [5.41, 5.74) is 0.619. The number of nitrogens with one attached hydrogen (secondary N) is 1. The summed E-state index contributed by atoms with van der Waals surface area (Å²) >= 11 is 3.35. The molecule has 1 atom stereocenters. The van der Waals surface area contributed by atoms with Crippen LogP contribution in [0.25, 0.3) is 0 Å². The number of hydrogen-bond donors (Lipinski definition) is 1. The minimum Gasteiger partial charge on any atom is -0.444 e. The summed E-state index contributed by atoms with van der Waals surface area (Å²) in [5, 5.41) is 4.35. The van der Waals surface area contributed by atoms with Crippen LogP contribution in [0.2, 0.25) is 0 Å². The number of aromatic nitrogens is 3. The van der Waals surface area contributed by atoms with E-state index in [0.29, 0.717) is 6.54 Å². The van der Waals surface area contributed by atoms with Gasteiger partial charge in [-0.3, -0.25) is 0 Å². The zero-order valence-corrected chi connectivity index (χ0v) is 17.5. The number of likely N-dealkylation sites (tertiary alicyclic amines) is 1. The second kappa shape index (κ2) is 8.88. The molecule has 9 heteroatoms. The standard InChI is InChI=1S/C18H25N5O2S2/c1-18(2,3)25-17(24)23-6-4-5-14(10-23)22-16-21-9-15(27-16)26-11-13-7-19-12-20-8-13/h7-9,12,14H,4-6,10-11H2,1-3H3,(H,21,22)/t14-/m1/s1. The molecule has 1 saturated heterocycles. The number of carbonyl (C=O) groups excluding carboxylic acids is 1. The third-order valence-corrected chi connectivity index (χ3v) is 6.07. The van der Waals surface area contributed by atoms with Gasteiger partial charge in [-0.1, -0.05) is 11.3 Å². The molecule has 0 bridgehead atoms. The molecule has 27 heavy (non-hydrogen) atoms. The summed E-state index contributed by atoms with van der Waals surface area (Å²) in [6, 6.07) is 0.192. The Morgan fingerprint density at radius 2 is 2.15 bits per heavy atom. The van der Waals surface area contributed by atoms with Crippen molar-refractivity contribution in [3.05, 3.63) is 30.5 Å². The lowest BCUT2D eigenvalue weighted by Gasteiger charge is -2.34. The highest BCUT2D eigenvalue weighted by Crippen LogP contribution is 2.31. The number of piperidine rings is 1. The summed E-state index contributed by atoms with van der Waals surface area (Å²) in [6.45, 7) is 7.05. The molecule has 3 heterocycles. The zero-order chi connectivity index (χ0) is 19.3. The first kappa shape index (κ1) is 19.9. The number of anilines is 1. The summed E-state index contributed by atoms with van der Waals surface area (Å²) in [7, 11) is 0. The number of thioether (sulfide) groups is 1. The first-order valence-corrected chi connectivity index (χ1v) is 10.8. The summed E-state index contributed by atoms with van der Waals surface area (Å²) in [5.74, 6) is 0.818. The minimum atomic E-state index is -0.470. The Labute approximate surface area is 168 Å². The number of hydrogen-bond acceptors (Lipinski definition) is 8. The van der Waals surface area contributed by atoms with Crippen molar-refractivity contribution in [2.45, 2.75) is 55.2 Å². The van der Waals surface area contributed by atoms with Crippen LogP contribution in [0.15, 0.2) is 29.1 Å². The maximum absolute atomic E-state index is 12.3. The Hall–Kier alpha value is -1.87. The fraction of sp³-hybridized carbons (Fsp3) is 0.556. The molecule has 146 valence electrons.